The standard InChI is InChI=1S/C11H18IN3O/c1-15-9-6-10(14-15)11(16)13-8-5-3-2-4-7-12/h6,9H,2-5,7-8H2,1H3,(H,13,16). The Morgan fingerprint density at radius 3 is 2.81 bits per heavy atom. The Morgan fingerprint density at radius 1 is 1.44 bits per heavy atom. The molecule has 0 unspecified atom stereocenters. The van der Waals surface area contributed by atoms with Crippen LogP contribution in [-0.4, -0.2) is 26.7 Å². The van der Waals surface area contributed by atoms with E-state index in [4.69, 9.17) is 0 Å². The van der Waals surface area contributed by atoms with Crippen molar-refractivity contribution in [3.63, 3.8) is 0 Å². The summed E-state index contributed by atoms with van der Waals surface area (Å²) in [6, 6.07) is 1.73. The first-order valence-corrected chi connectivity index (χ1v) is 7.10. The van der Waals surface area contributed by atoms with E-state index in [-0.39, 0.29) is 5.91 Å². The van der Waals surface area contributed by atoms with Gasteiger partial charge in [-0.3, -0.25) is 9.48 Å². The Balaban J connectivity index is 2.11. The molecule has 0 fully saturated rings. The summed E-state index contributed by atoms with van der Waals surface area (Å²) < 4.78 is 2.85. The zero-order valence-corrected chi connectivity index (χ0v) is 11.7. The number of unbranched alkanes of at least 4 members (excludes halogenated alkanes) is 3. The molecule has 1 aromatic heterocycles. The lowest BCUT2D eigenvalue weighted by Gasteiger charge is -2.02. The van der Waals surface area contributed by atoms with Crippen molar-refractivity contribution in [2.75, 3.05) is 11.0 Å². The minimum Gasteiger partial charge on any atom is -0.351 e. The predicted molar refractivity (Wildman–Crippen MR) is 72.9 cm³/mol. The van der Waals surface area contributed by atoms with Gasteiger partial charge >= 0.3 is 0 Å². The molecule has 0 aliphatic rings. The third kappa shape index (κ3) is 4.96. The molecule has 1 aromatic rings. The van der Waals surface area contributed by atoms with Crippen LogP contribution in [0.3, 0.4) is 0 Å². The van der Waals surface area contributed by atoms with Gasteiger partial charge in [0.1, 0.15) is 5.69 Å². The van der Waals surface area contributed by atoms with E-state index in [9.17, 15) is 4.79 Å². The quantitative estimate of drug-likeness (QED) is 0.472. The number of aromatic nitrogens is 2. The maximum Gasteiger partial charge on any atom is 0.271 e. The molecule has 4 nitrogen and oxygen atoms in total. The van der Waals surface area contributed by atoms with Crippen molar-refractivity contribution in [3.8, 4) is 0 Å². The van der Waals surface area contributed by atoms with E-state index in [1.807, 2.05) is 0 Å². The van der Waals surface area contributed by atoms with Gasteiger partial charge in [0.2, 0.25) is 0 Å². The van der Waals surface area contributed by atoms with Crippen LogP contribution in [0.15, 0.2) is 12.3 Å². The van der Waals surface area contributed by atoms with Crippen LogP contribution in [0, 0.1) is 0 Å². The van der Waals surface area contributed by atoms with Crippen molar-refractivity contribution >= 4 is 28.5 Å². The van der Waals surface area contributed by atoms with Gasteiger partial charge in [-0.2, -0.15) is 5.10 Å². The molecule has 90 valence electrons. The molecule has 1 amide bonds. The summed E-state index contributed by atoms with van der Waals surface area (Å²) >= 11 is 2.39. The smallest absolute Gasteiger partial charge is 0.271 e. The molecule has 0 atom stereocenters. The van der Waals surface area contributed by atoms with Crippen molar-refractivity contribution < 1.29 is 4.79 Å². The molecule has 0 aromatic carbocycles. The Hall–Kier alpha value is -0.590. The molecule has 1 heterocycles. The van der Waals surface area contributed by atoms with E-state index in [0.29, 0.717) is 5.69 Å². The Morgan fingerprint density at radius 2 is 2.19 bits per heavy atom. The largest absolute Gasteiger partial charge is 0.351 e. The molecular formula is C11H18IN3O. The highest BCUT2D eigenvalue weighted by molar-refractivity contribution is 14.1. The minimum absolute atomic E-state index is 0.0745. The fourth-order valence-electron chi connectivity index (χ4n) is 1.40. The second-order valence-electron chi connectivity index (χ2n) is 3.73. The number of hydrogen-bond acceptors (Lipinski definition) is 2. The molecule has 5 heteroatoms. The summed E-state index contributed by atoms with van der Waals surface area (Å²) in [4.78, 5) is 11.6. The third-order valence-electron chi connectivity index (χ3n) is 2.29. The van der Waals surface area contributed by atoms with Crippen LogP contribution >= 0.6 is 22.6 Å². The first kappa shape index (κ1) is 13.5. The van der Waals surface area contributed by atoms with Gasteiger partial charge in [-0.15, -0.1) is 0 Å². The number of amides is 1. The van der Waals surface area contributed by atoms with E-state index >= 15 is 0 Å². The Labute approximate surface area is 110 Å². The minimum atomic E-state index is -0.0745. The van der Waals surface area contributed by atoms with Crippen LogP contribution < -0.4 is 5.32 Å². The molecule has 16 heavy (non-hydrogen) atoms. The number of halogens is 1. The van der Waals surface area contributed by atoms with Gasteiger partial charge in [0, 0.05) is 19.8 Å². The summed E-state index contributed by atoms with van der Waals surface area (Å²) in [6.07, 6.45) is 6.53. The molecular weight excluding hydrogens is 317 g/mol. The first-order chi connectivity index (χ1) is 7.74. The van der Waals surface area contributed by atoms with Crippen molar-refractivity contribution in [1.82, 2.24) is 15.1 Å². The second-order valence-corrected chi connectivity index (χ2v) is 4.81. The number of rotatable bonds is 7. The monoisotopic (exact) mass is 335 g/mol. The molecule has 1 rings (SSSR count). The third-order valence-corrected chi connectivity index (χ3v) is 3.06. The van der Waals surface area contributed by atoms with Gasteiger partial charge in [0.15, 0.2) is 0 Å². The van der Waals surface area contributed by atoms with E-state index in [2.05, 4.69) is 33.0 Å². The zero-order valence-electron chi connectivity index (χ0n) is 9.58. The highest BCUT2D eigenvalue weighted by Gasteiger charge is 2.06. The van der Waals surface area contributed by atoms with Crippen LogP contribution in [0.2, 0.25) is 0 Å². The molecule has 0 saturated carbocycles. The molecule has 0 aliphatic carbocycles. The molecule has 0 saturated heterocycles. The van der Waals surface area contributed by atoms with Crippen molar-refractivity contribution in [3.05, 3.63) is 18.0 Å². The second kappa shape index (κ2) is 7.65. The number of hydrogen-bond donors (Lipinski definition) is 1. The topological polar surface area (TPSA) is 46.9 Å². The lowest BCUT2D eigenvalue weighted by Crippen LogP contribution is -2.24. The summed E-state index contributed by atoms with van der Waals surface area (Å²) in [6.45, 7) is 0.747. The lowest BCUT2D eigenvalue weighted by molar-refractivity contribution is 0.0947. The molecule has 1 N–H and O–H groups in total. The van der Waals surface area contributed by atoms with Crippen molar-refractivity contribution in [2.45, 2.75) is 25.7 Å². The average molecular weight is 335 g/mol. The molecule has 0 radical (unpaired) electrons. The van der Waals surface area contributed by atoms with Crippen LogP contribution in [-0.2, 0) is 7.05 Å². The average Bonchev–Trinajstić information content (AvgIpc) is 2.70. The predicted octanol–water partition coefficient (Wildman–Crippen LogP) is 2.15. The number of aryl methyl sites for hydroxylation is 1. The molecule has 0 aliphatic heterocycles. The van der Waals surface area contributed by atoms with Crippen molar-refractivity contribution in [2.24, 2.45) is 7.05 Å². The van der Waals surface area contributed by atoms with E-state index in [1.54, 1.807) is 24.0 Å². The van der Waals surface area contributed by atoms with Crippen LogP contribution in [0.25, 0.3) is 0 Å². The summed E-state index contributed by atoms with van der Waals surface area (Å²) in [5, 5.41) is 6.92. The van der Waals surface area contributed by atoms with E-state index < -0.39 is 0 Å². The van der Waals surface area contributed by atoms with Crippen LogP contribution in [0.1, 0.15) is 36.2 Å². The van der Waals surface area contributed by atoms with Gasteiger partial charge in [-0.25, -0.2) is 0 Å². The van der Waals surface area contributed by atoms with Gasteiger partial charge < -0.3 is 5.32 Å². The summed E-state index contributed by atoms with van der Waals surface area (Å²) in [5.41, 5.74) is 0.495. The first-order valence-electron chi connectivity index (χ1n) is 5.58. The van der Waals surface area contributed by atoms with Gasteiger partial charge in [-0.1, -0.05) is 35.4 Å². The van der Waals surface area contributed by atoms with E-state index in [0.717, 1.165) is 13.0 Å². The van der Waals surface area contributed by atoms with Gasteiger partial charge in [0.05, 0.1) is 0 Å². The zero-order chi connectivity index (χ0) is 11.8. The fourth-order valence-corrected chi connectivity index (χ4v) is 1.94. The van der Waals surface area contributed by atoms with Crippen LogP contribution in [0.5, 0.6) is 0 Å². The van der Waals surface area contributed by atoms with Gasteiger partial charge in [0.25, 0.3) is 5.91 Å². The highest BCUT2D eigenvalue weighted by atomic mass is 127. The van der Waals surface area contributed by atoms with Gasteiger partial charge in [-0.05, 0) is 23.3 Å². The number of carbonyl (C=O) groups is 1. The highest BCUT2D eigenvalue weighted by Crippen LogP contribution is 2.01. The van der Waals surface area contributed by atoms with E-state index in [1.165, 1.54) is 23.7 Å². The van der Waals surface area contributed by atoms with Crippen molar-refractivity contribution in [1.29, 1.82) is 0 Å². The normalized spacial score (nSPS) is 10.4. The van der Waals surface area contributed by atoms with Crippen LogP contribution in [0.4, 0.5) is 0 Å². The Kier molecular flexibility index (Phi) is 6.44. The maximum absolute atomic E-state index is 11.6. The maximum atomic E-state index is 11.6. The number of alkyl halides is 1. The SMILES string of the molecule is Cn1ccc(C(=O)NCCCCCCI)n1. The summed E-state index contributed by atoms with van der Waals surface area (Å²) in [5.74, 6) is -0.0745. The molecule has 0 bridgehead atoms. The lowest BCUT2D eigenvalue weighted by atomic mass is 10.2. The molecule has 0 spiro atoms. The Bertz CT molecular complexity index is 325. The fraction of sp³-hybridized carbons (Fsp3) is 0.636. The number of carbonyl (C=O) groups excluding carboxylic acids is 1. The number of nitrogens with one attached hydrogen (secondary N) is 1. The summed E-state index contributed by atoms with van der Waals surface area (Å²) in [7, 11) is 1.81. The number of nitrogens with zero attached hydrogens (tertiary/aromatic N) is 2.